The maximum atomic E-state index is 12.1. The van der Waals surface area contributed by atoms with Gasteiger partial charge in [-0.3, -0.25) is 0 Å². The molecule has 3 rings (SSSR count). The first-order chi connectivity index (χ1) is 11.3. The Bertz CT molecular complexity index is 594. The van der Waals surface area contributed by atoms with Gasteiger partial charge in [0.05, 0.1) is 0 Å². The number of pyridine rings is 1. The van der Waals surface area contributed by atoms with Crippen molar-refractivity contribution in [3.8, 4) is 5.88 Å². The molecule has 1 aromatic rings. The fourth-order valence-electron chi connectivity index (χ4n) is 3.39. The van der Waals surface area contributed by atoms with Crippen LogP contribution in [-0.4, -0.2) is 29.8 Å². The van der Waals surface area contributed by atoms with Crippen molar-refractivity contribution < 1.29 is 22.7 Å². The van der Waals surface area contributed by atoms with Crippen LogP contribution in [0.5, 0.6) is 5.88 Å². The molecule has 2 amide bonds. The lowest BCUT2D eigenvalue weighted by Gasteiger charge is -2.54. The van der Waals surface area contributed by atoms with E-state index in [0.29, 0.717) is 11.0 Å². The van der Waals surface area contributed by atoms with Crippen molar-refractivity contribution in [3.63, 3.8) is 0 Å². The molecule has 2 fully saturated rings. The highest BCUT2D eigenvalue weighted by molar-refractivity contribution is 5.74. The second-order valence-electron chi connectivity index (χ2n) is 6.69. The van der Waals surface area contributed by atoms with Gasteiger partial charge in [0.15, 0.2) is 6.61 Å². The summed E-state index contributed by atoms with van der Waals surface area (Å²) >= 11 is 0. The van der Waals surface area contributed by atoms with Gasteiger partial charge in [-0.05, 0) is 42.7 Å². The summed E-state index contributed by atoms with van der Waals surface area (Å²) in [7, 11) is 0. The maximum Gasteiger partial charge on any atom is 0.422 e. The molecule has 0 aromatic carbocycles. The molecule has 0 aliphatic heterocycles. The number of halogens is 3. The average molecular weight is 343 g/mol. The third-order valence-corrected chi connectivity index (χ3v) is 4.74. The Morgan fingerprint density at radius 2 is 2.12 bits per heavy atom. The zero-order valence-corrected chi connectivity index (χ0v) is 13.2. The third-order valence-electron chi connectivity index (χ3n) is 4.74. The number of hydrogen-bond acceptors (Lipinski definition) is 3. The first-order valence-corrected chi connectivity index (χ1v) is 8.03. The Hall–Kier alpha value is -1.99. The summed E-state index contributed by atoms with van der Waals surface area (Å²) in [5.41, 5.74) is 1.12. The summed E-state index contributed by atoms with van der Waals surface area (Å²) in [6.07, 6.45) is 2.87. The Morgan fingerprint density at radius 3 is 2.75 bits per heavy atom. The van der Waals surface area contributed by atoms with Gasteiger partial charge in [-0.2, -0.15) is 13.2 Å². The fraction of sp³-hybridized carbons (Fsp3) is 0.625. The predicted molar refractivity (Wildman–Crippen MR) is 80.5 cm³/mol. The molecule has 2 aliphatic rings. The van der Waals surface area contributed by atoms with Crippen LogP contribution in [0, 0.1) is 5.41 Å². The van der Waals surface area contributed by atoms with E-state index in [1.807, 2.05) is 0 Å². The number of aromatic nitrogens is 1. The van der Waals surface area contributed by atoms with E-state index >= 15 is 0 Å². The number of carbonyl (C=O) groups is 1. The SMILES string of the molecule is O=C(NCc1ccnc(OCC(F)(F)F)c1)NC1CC2(CCC2)C1. The Labute approximate surface area is 138 Å². The van der Waals surface area contributed by atoms with E-state index in [-0.39, 0.29) is 24.5 Å². The number of hydrogen-bond donors (Lipinski definition) is 2. The first kappa shape index (κ1) is 16.9. The third kappa shape index (κ3) is 4.30. The lowest BCUT2D eigenvalue weighted by molar-refractivity contribution is -0.154. The van der Waals surface area contributed by atoms with Crippen LogP contribution in [0.25, 0.3) is 0 Å². The number of carbonyl (C=O) groups excluding carboxylic acids is 1. The minimum absolute atomic E-state index is 0.113. The smallest absolute Gasteiger partial charge is 0.422 e. The fourth-order valence-corrected chi connectivity index (χ4v) is 3.39. The summed E-state index contributed by atoms with van der Waals surface area (Å²) in [6, 6.07) is 2.98. The molecule has 2 N–H and O–H groups in total. The summed E-state index contributed by atoms with van der Waals surface area (Å²) < 4.78 is 41.0. The van der Waals surface area contributed by atoms with Crippen LogP contribution in [0.15, 0.2) is 18.3 Å². The maximum absolute atomic E-state index is 12.1. The van der Waals surface area contributed by atoms with Crippen LogP contribution in [0.4, 0.5) is 18.0 Å². The number of alkyl halides is 3. The van der Waals surface area contributed by atoms with E-state index in [4.69, 9.17) is 0 Å². The van der Waals surface area contributed by atoms with Gasteiger partial charge in [-0.25, -0.2) is 9.78 Å². The summed E-state index contributed by atoms with van der Waals surface area (Å²) in [4.78, 5) is 15.6. The molecule has 1 heterocycles. The molecule has 1 aromatic heterocycles. The van der Waals surface area contributed by atoms with Crippen LogP contribution >= 0.6 is 0 Å². The first-order valence-electron chi connectivity index (χ1n) is 8.03. The molecule has 5 nitrogen and oxygen atoms in total. The van der Waals surface area contributed by atoms with Crippen LogP contribution < -0.4 is 15.4 Å². The van der Waals surface area contributed by atoms with Gasteiger partial charge in [0.1, 0.15) is 0 Å². The van der Waals surface area contributed by atoms with Crippen molar-refractivity contribution in [2.45, 2.75) is 50.9 Å². The molecule has 0 radical (unpaired) electrons. The van der Waals surface area contributed by atoms with Crippen LogP contribution in [0.1, 0.15) is 37.7 Å². The number of urea groups is 1. The lowest BCUT2D eigenvalue weighted by atomic mass is 9.54. The molecule has 2 saturated carbocycles. The van der Waals surface area contributed by atoms with Gasteiger partial charge in [-0.1, -0.05) is 6.42 Å². The van der Waals surface area contributed by atoms with Crippen molar-refractivity contribution in [2.24, 2.45) is 5.41 Å². The Morgan fingerprint density at radius 1 is 1.38 bits per heavy atom. The van der Waals surface area contributed by atoms with Crippen molar-refractivity contribution >= 4 is 6.03 Å². The van der Waals surface area contributed by atoms with Gasteiger partial charge in [0, 0.05) is 24.8 Å². The van der Waals surface area contributed by atoms with Gasteiger partial charge < -0.3 is 15.4 Å². The zero-order chi connectivity index (χ0) is 17.2. The molecular formula is C16H20F3N3O2. The number of rotatable bonds is 5. The van der Waals surface area contributed by atoms with Crippen molar-refractivity contribution in [2.75, 3.05) is 6.61 Å². The largest absolute Gasteiger partial charge is 0.468 e. The molecule has 0 atom stereocenters. The van der Waals surface area contributed by atoms with Crippen molar-refractivity contribution in [1.82, 2.24) is 15.6 Å². The quantitative estimate of drug-likeness (QED) is 0.863. The summed E-state index contributed by atoms with van der Waals surface area (Å²) in [5, 5.41) is 5.63. The molecule has 0 saturated heterocycles. The second-order valence-corrected chi connectivity index (χ2v) is 6.69. The topological polar surface area (TPSA) is 63.2 Å². The molecule has 0 unspecified atom stereocenters. The minimum Gasteiger partial charge on any atom is -0.468 e. The van der Waals surface area contributed by atoms with Crippen molar-refractivity contribution in [3.05, 3.63) is 23.9 Å². The monoisotopic (exact) mass is 343 g/mol. The van der Waals surface area contributed by atoms with E-state index in [9.17, 15) is 18.0 Å². The predicted octanol–water partition coefficient (Wildman–Crippen LogP) is 3.15. The summed E-state index contributed by atoms with van der Waals surface area (Å²) in [6.45, 7) is -1.19. The molecule has 8 heteroatoms. The second kappa shape index (κ2) is 6.49. The number of amides is 2. The highest BCUT2D eigenvalue weighted by atomic mass is 19.4. The molecular weight excluding hydrogens is 323 g/mol. The molecule has 2 aliphatic carbocycles. The highest BCUT2D eigenvalue weighted by Gasteiger charge is 2.48. The molecule has 132 valence electrons. The van der Waals surface area contributed by atoms with E-state index in [0.717, 1.165) is 12.8 Å². The normalized spacial score (nSPS) is 19.3. The summed E-state index contributed by atoms with van der Waals surface area (Å²) in [5.74, 6) is -0.113. The van der Waals surface area contributed by atoms with E-state index < -0.39 is 12.8 Å². The molecule has 24 heavy (non-hydrogen) atoms. The number of nitrogens with zero attached hydrogens (tertiary/aromatic N) is 1. The standard InChI is InChI=1S/C16H20F3N3O2/c17-16(18,19)10-24-13-6-11(2-5-20-13)9-21-14(23)22-12-7-15(8-12)3-1-4-15/h2,5-6,12H,1,3-4,7-10H2,(H2,21,22,23). The van der Waals surface area contributed by atoms with Gasteiger partial charge in [-0.15, -0.1) is 0 Å². The highest BCUT2D eigenvalue weighted by Crippen LogP contribution is 2.55. The average Bonchev–Trinajstić information content (AvgIpc) is 2.44. The lowest BCUT2D eigenvalue weighted by Crippen LogP contribution is -2.55. The Kier molecular flexibility index (Phi) is 4.56. The van der Waals surface area contributed by atoms with Crippen LogP contribution in [0.3, 0.4) is 0 Å². The Balaban J connectivity index is 1.40. The van der Waals surface area contributed by atoms with E-state index in [2.05, 4.69) is 20.4 Å². The molecule has 0 bridgehead atoms. The molecule has 1 spiro atoms. The van der Waals surface area contributed by atoms with Gasteiger partial charge in [0.25, 0.3) is 0 Å². The van der Waals surface area contributed by atoms with Gasteiger partial charge >= 0.3 is 12.2 Å². The minimum atomic E-state index is -4.41. The van der Waals surface area contributed by atoms with Crippen molar-refractivity contribution in [1.29, 1.82) is 0 Å². The number of nitrogens with one attached hydrogen (secondary N) is 2. The zero-order valence-electron chi connectivity index (χ0n) is 13.2. The van der Waals surface area contributed by atoms with E-state index in [1.165, 1.54) is 31.5 Å². The van der Waals surface area contributed by atoms with E-state index in [1.54, 1.807) is 6.07 Å². The van der Waals surface area contributed by atoms with Crippen LogP contribution in [0.2, 0.25) is 0 Å². The van der Waals surface area contributed by atoms with Gasteiger partial charge in [0.2, 0.25) is 5.88 Å². The van der Waals surface area contributed by atoms with Crippen LogP contribution in [-0.2, 0) is 6.54 Å². The number of ether oxygens (including phenoxy) is 1.